The van der Waals surface area contributed by atoms with Gasteiger partial charge in [-0.3, -0.25) is 4.68 Å². The summed E-state index contributed by atoms with van der Waals surface area (Å²) in [5.41, 5.74) is 2.10. The minimum atomic E-state index is 0.591. The van der Waals surface area contributed by atoms with Crippen LogP contribution in [0.15, 0.2) is 24.8 Å². The molecule has 0 radical (unpaired) electrons. The van der Waals surface area contributed by atoms with E-state index in [-0.39, 0.29) is 0 Å². The number of piperazine rings is 1. The molecule has 1 N–H and O–H groups in total. The lowest BCUT2D eigenvalue weighted by molar-refractivity contribution is 0.311. The first-order valence-electron chi connectivity index (χ1n) is 8.61. The van der Waals surface area contributed by atoms with E-state index >= 15 is 0 Å². The molecule has 0 unspecified atom stereocenters. The molecule has 1 aliphatic rings. The molecule has 1 saturated heterocycles. The molecule has 0 amide bonds. The van der Waals surface area contributed by atoms with Crippen LogP contribution in [0.4, 0.5) is 11.6 Å². The molecule has 2 aromatic heterocycles. The number of nitrogens with zero attached hydrogens (tertiary/aromatic N) is 6. The van der Waals surface area contributed by atoms with Crippen LogP contribution in [-0.4, -0.2) is 57.9 Å². The summed E-state index contributed by atoms with van der Waals surface area (Å²) in [6, 6.07) is 0. The Labute approximate surface area is 143 Å². The van der Waals surface area contributed by atoms with Crippen LogP contribution in [0.5, 0.6) is 0 Å². The highest BCUT2D eigenvalue weighted by Gasteiger charge is 2.16. The topological polar surface area (TPSA) is 62.1 Å². The van der Waals surface area contributed by atoms with Gasteiger partial charge in [0.2, 0.25) is 5.95 Å². The predicted octanol–water partition coefficient (Wildman–Crippen LogP) is 1.69. The van der Waals surface area contributed by atoms with Crippen molar-refractivity contribution < 1.29 is 0 Å². The summed E-state index contributed by atoms with van der Waals surface area (Å²) < 4.78 is 1.97. The van der Waals surface area contributed by atoms with Gasteiger partial charge in [0.05, 0.1) is 11.9 Å². The zero-order valence-corrected chi connectivity index (χ0v) is 14.8. The second kappa shape index (κ2) is 7.61. The molecule has 3 rings (SSSR count). The number of anilines is 2. The van der Waals surface area contributed by atoms with Gasteiger partial charge < -0.3 is 15.1 Å². The Balaban J connectivity index is 1.52. The van der Waals surface area contributed by atoms with Crippen LogP contribution in [-0.2, 0) is 13.1 Å². The van der Waals surface area contributed by atoms with Crippen LogP contribution in [0.2, 0.25) is 0 Å². The Morgan fingerprint density at radius 2 is 1.79 bits per heavy atom. The van der Waals surface area contributed by atoms with Crippen LogP contribution in [0.1, 0.15) is 19.4 Å². The minimum absolute atomic E-state index is 0.591. The third kappa shape index (κ3) is 4.44. The molecule has 7 heteroatoms. The smallest absolute Gasteiger partial charge is 0.225 e. The van der Waals surface area contributed by atoms with Gasteiger partial charge >= 0.3 is 0 Å². The quantitative estimate of drug-likeness (QED) is 0.870. The molecule has 0 spiro atoms. The number of hydrogen-bond acceptors (Lipinski definition) is 6. The van der Waals surface area contributed by atoms with Crippen LogP contribution < -0.4 is 10.2 Å². The summed E-state index contributed by atoms with van der Waals surface area (Å²) >= 11 is 0. The summed E-state index contributed by atoms with van der Waals surface area (Å²) in [7, 11) is 2.15. The molecule has 3 heterocycles. The lowest BCUT2D eigenvalue weighted by Crippen LogP contribution is -2.45. The monoisotopic (exact) mass is 329 g/mol. The first kappa shape index (κ1) is 16.7. The van der Waals surface area contributed by atoms with Gasteiger partial charge in [0, 0.05) is 63.4 Å². The number of likely N-dealkylation sites (N-methyl/N-ethyl adjacent to an activating group) is 1. The molecule has 24 heavy (non-hydrogen) atoms. The van der Waals surface area contributed by atoms with E-state index in [9.17, 15) is 0 Å². The fourth-order valence-electron chi connectivity index (χ4n) is 2.74. The number of hydrogen-bond donors (Lipinski definition) is 1. The summed E-state index contributed by atoms with van der Waals surface area (Å²) in [5.74, 6) is 1.42. The zero-order chi connectivity index (χ0) is 16.9. The van der Waals surface area contributed by atoms with Crippen molar-refractivity contribution in [3.63, 3.8) is 0 Å². The Bertz CT molecular complexity index is 627. The number of nitrogens with one attached hydrogen (secondary N) is 1. The van der Waals surface area contributed by atoms with Gasteiger partial charge in [-0.1, -0.05) is 13.8 Å². The molecule has 2 aromatic rings. The van der Waals surface area contributed by atoms with Crippen molar-refractivity contribution in [1.82, 2.24) is 24.6 Å². The lowest BCUT2D eigenvalue weighted by Gasteiger charge is -2.32. The van der Waals surface area contributed by atoms with Gasteiger partial charge in [-0.25, -0.2) is 9.97 Å². The first-order chi connectivity index (χ1) is 11.6. The van der Waals surface area contributed by atoms with Gasteiger partial charge in [0.1, 0.15) is 0 Å². The van der Waals surface area contributed by atoms with Gasteiger partial charge in [-0.05, 0) is 13.0 Å². The molecule has 0 atom stereocenters. The van der Waals surface area contributed by atoms with E-state index in [1.54, 1.807) is 0 Å². The molecule has 1 fully saturated rings. The van der Waals surface area contributed by atoms with Crippen LogP contribution >= 0.6 is 0 Å². The Hall–Kier alpha value is -2.15. The molecule has 7 nitrogen and oxygen atoms in total. The number of rotatable bonds is 6. The Kier molecular flexibility index (Phi) is 5.30. The van der Waals surface area contributed by atoms with Gasteiger partial charge in [0.15, 0.2) is 0 Å². The summed E-state index contributed by atoms with van der Waals surface area (Å²) in [6.45, 7) is 10.1. The third-order valence-corrected chi connectivity index (χ3v) is 4.16. The zero-order valence-electron chi connectivity index (χ0n) is 14.8. The molecule has 0 bridgehead atoms. The highest BCUT2D eigenvalue weighted by Crippen LogP contribution is 2.12. The van der Waals surface area contributed by atoms with Crippen LogP contribution in [0.25, 0.3) is 0 Å². The molecule has 130 valence electrons. The van der Waals surface area contributed by atoms with E-state index < -0.39 is 0 Å². The van der Waals surface area contributed by atoms with Crippen molar-refractivity contribution in [3.8, 4) is 0 Å². The lowest BCUT2D eigenvalue weighted by atomic mass is 10.2. The average Bonchev–Trinajstić information content (AvgIpc) is 3.01. The average molecular weight is 329 g/mol. The fourth-order valence-corrected chi connectivity index (χ4v) is 2.74. The highest BCUT2D eigenvalue weighted by molar-refractivity contribution is 5.39. The largest absolute Gasteiger partial charge is 0.378 e. The van der Waals surface area contributed by atoms with Crippen molar-refractivity contribution in [2.24, 2.45) is 5.92 Å². The Morgan fingerprint density at radius 1 is 1.08 bits per heavy atom. The third-order valence-electron chi connectivity index (χ3n) is 4.16. The van der Waals surface area contributed by atoms with Crippen molar-refractivity contribution >= 4 is 11.6 Å². The highest BCUT2D eigenvalue weighted by atomic mass is 15.3. The van der Waals surface area contributed by atoms with Crippen molar-refractivity contribution in [2.75, 3.05) is 43.4 Å². The van der Waals surface area contributed by atoms with E-state index in [0.29, 0.717) is 12.5 Å². The minimum Gasteiger partial charge on any atom is -0.378 e. The molecular formula is C17H27N7. The maximum absolute atomic E-state index is 4.52. The van der Waals surface area contributed by atoms with E-state index in [1.165, 1.54) is 0 Å². The summed E-state index contributed by atoms with van der Waals surface area (Å²) in [4.78, 5) is 13.6. The van der Waals surface area contributed by atoms with Gasteiger partial charge in [0.25, 0.3) is 0 Å². The molecular weight excluding hydrogens is 302 g/mol. The SMILES string of the molecule is CC(C)Cn1cc(NCc2cnc(N3CCN(C)CC3)nc2)cn1. The van der Waals surface area contributed by atoms with Crippen molar-refractivity contribution in [2.45, 2.75) is 26.9 Å². The van der Waals surface area contributed by atoms with E-state index in [2.05, 4.69) is 51.1 Å². The Morgan fingerprint density at radius 3 is 2.46 bits per heavy atom. The number of aromatic nitrogens is 4. The van der Waals surface area contributed by atoms with Gasteiger partial charge in [-0.2, -0.15) is 5.10 Å². The predicted molar refractivity (Wildman–Crippen MR) is 96.1 cm³/mol. The second-order valence-electron chi connectivity index (χ2n) is 6.88. The maximum Gasteiger partial charge on any atom is 0.225 e. The summed E-state index contributed by atoms with van der Waals surface area (Å²) in [5, 5.41) is 7.74. The van der Waals surface area contributed by atoms with Crippen LogP contribution in [0, 0.1) is 5.92 Å². The molecule has 0 aromatic carbocycles. The van der Waals surface area contributed by atoms with E-state index in [1.807, 2.05) is 29.5 Å². The molecule has 0 saturated carbocycles. The van der Waals surface area contributed by atoms with Crippen molar-refractivity contribution in [3.05, 3.63) is 30.4 Å². The first-order valence-corrected chi connectivity index (χ1v) is 8.61. The normalized spacial score (nSPS) is 15.9. The maximum atomic E-state index is 4.52. The van der Waals surface area contributed by atoms with E-state index in [0.717, 1.165) is 49.9 Å². The standard InChI is InChI=1S/C17H27N7/c1-14(2)12-24-13-16(11-21-24)18-8-15-9-19-17(20-10-15)23-6-4-22(3)5-7-23/h9-11,13-14,18H,4-8,12H2,1-3H3. The second-order valence-corrected chi connectivity index (χ2v) is 6.88. The van der Waals surface area contributed by atoms with Crippen molar-refractivity contribution in [1.29, 1.82) is 0 Å². The van der Waals surface area contributed by atoms with Crippen LogP contribution in [0.3, 0.4) is 0 Å². The fraction of sp³-hybridized carbons (Fsp3) is 0.588. The van der Waals surface area contributed by atoms with E-state index in [4.69, 9.17) is 0 Å². The summed E-state index contributed by atoms with van der Waals surface area (Å²) in [6.07, 6.45) is 7.72. The molecule has 0 aliphatic carbocycles. The molecule has 1 aliphatic heterocycles. The van der Waals surface area contributed by atoms with Gasteiger partial charge in [-0.15, -0.1) is 0 Å².